The molecule has 0 saturated carbocycles. The molecule has 0 radical (unpaired) electrons. The first-order valence-corrected chi connectivity index (χ1v) is 15.6. The number of benzene rings is 4. The molecule has 0 spiro atoms. The van der Waals surface area contributed by atoms with Gasteiger partial charge in [0.25, 0.3) is 10.0 Å². The number of rotatable bonds is 13. The molecule has 4 aromatic rings. The predicted molar refractivity (Wildman–Crippen MR) is 168 cm³/mol. The minimum absolute atomic E-state index is 0.0493. The lowest BCUT2D eigenvalue weighted by molar-refractivity contribution is -0.140. The van der Waals surface area contributed by atoms with Crippen molar-refractivity contribution in [3.8, 4) is 5.75 Å². The Labute approximate surface area is 254 Å². The van der Waals surface area contributed by atoms with E-state index in [1.807, 2.05) is 68.4 Å². The van der Waals surface area contributed by atoms with Crippen molar-refractivity contribution in [2.75, 3.05) is 24.5 Å². The molecule has 0 aromatic heterocycles. The minimum Gasteiger partial charge on any atom is -0.497 e. The molecular weight excluding hydrogens is 562 g/mol. The van der Waals surface area contributed by atoms with Gasteiger partial charge in [-0.15, -0.1) is 0 Å². The van der Waals surface area contributed by atoms with Crippen molar-refractivity contribution in [2.45, 2.75) is 37.8 Å². The van der Waals surface area contributed by atoms with Crippen LogP contribution in [-0.2, 0) is 32.6 Å². The van der Waals surface area contributed by atoms with Crippen LogP contribution in [0, 0.1) is 6.92 Å². The Kier molecular flexibility index (Phi) is 10.6. The standard InChI is InChI=1S/C34H37N3O5S/c1-4-35-34(39)32(23-27-11-7-5-8-12-27)36(24-28-17-15-26(2)16-18-28)33(38)25-37(29-19-21-30(42-3)22-20-29)43(40,41)31-13-9-6-10-14-31/h5-22,32H,4,23-25H2,1-3H3,(H,35,39). The first-order valence-electron chi connectivity index (χ1n) is 14.1. The number of carbonyl (C=O) groups excluding carboxylic acids is 2. The Balaban J connectivity index is 1.78. The van der Waals surface area contributed by atoms with Crippen LogP contribution in [0.15, 0.2) is 114 Å². The van der Waals surface area contributed by atoms with Gasteiger partial charge in [-0.3, -0.25) is 13.9 Å². The fraction of sp³-hybridized carbons (Fsp3) is 0.235. The number of aryl methyl sites for hydroxylation is 1. The lowest BCUT2D eigenvalue weighted by Crippen LogP contribution is -2.53. The molecule has 224 valence electrons. The highest BCUT2D eigenvalue weighted by atomic mass is 32.2. The summed E-state index contributed by atoms with van der Waals surface area (Å²) in [6.07, 6.45) is 0.262. The average molecular weight is 600 g/mol. The predicted octanol–water partition coefficient (Wildman–Crippen LogP) is 4.98. The van der Waals surface area contributed by atoms with Crippen molar-refractivity contribution in [1.29, 1.82) is 0 Å². The number of amides is 2. The Bertz CT molecular complexity index is 1590. The molecule has 8 nitrogen and oxygen atoms in total. The van der Waals surface area contributed by atoms with E-state index in [1.165, 1.54) is 24.1 Å². The topological polar surface area (TPSA) is 96.0 Å². The molecule has 2 amide bonds. The quantitative estimate of drug-likeness (QED) is 0.234. The fourth-order valence-corrected chi connectivity index (χ4v) is 6.17. The number of methoxy groups -OCH3 is 1. The van der Waals surface area contributed by atoms with E-state index < -0.39 is 28.5 Å². The summed E-state index contributed by atoms with van der Waals surface area (Å²) in [6.45, 7) is 3.79. The van der Waals surface area contributed by atoms with Gasteiger partial charge in [-0.05, 0) is 61.4 Å². The van der Waals surface area contributed by atoms with Crippen LogP contribution < -0.4 is 14.4 Å². The third kappa shape index (κ3) is 8.02. The van der Waals surface area contributed by atoms with Crippen LogP contribution in [0.3, 0.4) is 0 Å². The Morgan fingerprint density at radius 1 is 0.814 bits per heavy atom. The molecule has 0 bridgehead atoms. The van der Waals surface area contributed by atoms with Gasteiger partial charge >= 0.3 is 0 Å². The van der Waals surface area contributed by atoms with E-state index in [0.717, 1.165) is 21.0 Å². The molecule has 0 aliphatic rings. The van der Waals surface area contributed by atoms with Crippen molar-refractivity contribution >= 4 is 27.5 Å². The average Bonchev–Trinajstić information content (AvgIpc) is 3.03. The van der Waals surface area contributed by atoms with E-state index >= 15 is 0 Å². The summed E-state index contributed by atoms with van der Waals surface area (Å²) < 4.78 is 34.3. The molecule has 0 fully saturated rings. The van der Waals surface area contributed by atoms with E-state index in [9.17, 15) is 18.0 Å². The third-order valence-corrected chi connectivity index (χ3v) is 8.85. The lowest BCUT2D eigenvalue weighted by Gasteiger charge is -2.34. The molecule has 0 aliphatic carbocycles. The first kappa shape index (κ1) is 31.3. The maximum atomic E-state index is 14.4. The molecule has 1 unspecified atom stereocenters. The van der Waals surface area contributed by atoms with Crippen LogP contribution in [0.1, 0.15) is 23.6 Å². The van der Waals surface area contributed by atoms with Gasteiger partial charge in [-0.1, -0.05) is 78.4 Å². The van der Waals surface area contributed by atoms with Gasteiger partial charge in [0.15, 0.2) is 0 Å². The van der Waals surface area contributed by atoms with Gasteiger partial charge in [0, 0.05) is 19.5 Å². The summed E-state index contributed by atoms with van der Waals surface area (Å²) in [6, 6.07) is 30.8. The second-order valence-electron chi connectivity index (χ2n) is 10.1. The second kappa shape index (κ2) is 14.5. The summed E-state index contributed by atoms with van der Waals surface area (Å²) in [5.74, 6) is -0.274. The summed E-state index contributed by atoms with van der Waals surface area (Å²) in [5.41, 5.74) is 3.06. The summed E-state index contributed by atoms with van der Waals surface area (Å²) in [7, 11) is -2.63. The smallest absolute Gasteiger partial charge is 0.264 e. The zero-order valence-corrected chi connectivity index (χ0v) is 25.5. The molecule has 9 heteroatoms. The molecule has 1 N–H and O–H groups in total. The highest BCUT2D eigenvalue weighted by Crippen LogP contribution is 2.27. The SMILES string of the molecule is CCNC(=O)C(Cc1ccccc1)N(Cc1ccc(C)cc1)C(=O)CN(c1ccc(OC)cc1)S(=O)(=O)c1ccccc1. The molecule has 0 saturated heterocycles. The lowest BCUT2D eigenvalue weighted by atomic mass is 10.0. The minimum atomic E-state index is -4.15. The number of anilines is 1. The molecule has 43 heavy (non-hydrogen) atoms. The molecular formula is C34H37N3O5S. The van der Waals surface area contributed by atoms with Gasteiger partial charge in [-0.2, -0.15) is 0 Å². The van der Waals surface area contributed by atoms with Crippen LogP contribution in [0.25, 0.3) is 0 Å². The fourth-order valence-electron chi connectivity index (χ4n) is 4.73. The Hall–Kier alpha value is -4.63. The van der Waals surface area contributed by atoms with Crippen molar-refractivity contribution in [3.63, 3.8) is 0 Å². The van der Waals surface area contributed by atoms with Crippen LogP contribution in [0.4, 0.5) is 5.69 Å². The molecule has 4 aromatic carbocycles. The van der Waals surface area contributed by atoms with E-state index in [1.54, 1.807) is 42.5 Å². The van der Waals surface area contributed by atoms with E-state index in [2.05, 4.69) is 5.32 Å². The number of nitrogens with one attached hydrogen (secondary N) is 1. The largest absolute Gasteiger partial charge is 0.497 e. The maximum absolute atomic E-state index is 14.4. The number of nitrogens with zero attached hydrogens (tertiary/aromatic N) is 2. The van der Waals surface area contributed by atoms with Gasteiger partial charge in [0.2, 0.25) is 11.8 Å². The van der Waals surface area contributed by atoms with E-state index in [-0.39, 0.29) is 23.8 Å². The second-order valence-corrected chi connectivity index (χ2v) is 12.0. The Morgan fingerprint density at radius 3 is 2.00 bits per heavy atom. The van der Waals surface area contributed by atoms with Gasteiger partial charge in [-0.25, -0.2) is 8.42 Å². The molecule has 0 heterocycles. The summed E-state index contributed by atoms with van der Waals surface area (Å²) >= 11 is 0. The van der Waals surface area contributed by atoms with E-state index in [0.29, 0.717) is 18.0 Å². The zero-order chi connectivity index (χ0) is 30.8. The van der Waals surface area contributed by atoms with Crippen molar-refractivity contribution in [1.82, 2.24) is 10.2 Å². The van der Waals surface area contributed by atoms with Crippen LogP contribution >= 0.6 is 0 Å². The monoisotopic (exact) mass is 599 g/mol. The molecule has 1 atom stereocenters. The van der Waals surface area contributed by atoms with Crippen LogP contribution in [0.2, 0.25) is 0 Å². The van der Waals surface area contributed by atoms with E-state index in [4.69, 9.17) is 4.74 Å². The van der Waals surface area contributed by atoms with Gasteiger partial charge in [0.05, 0.1) is 17.7 Å². The number of ether oxygens (including phenoxy) is 1. The zero-order valence-electron chi connectivity index (χ0n) is 24.6. The van der Waals surface area contributed by atoms with Gasteiger partial charge < -0.3 is 15.0 Å². The molecule has 4 rings (SSSR count). The normalized spacial score (nSPS) is 11.8. The Morgan fingerprint density at radius 2 is 1.42 bits per heavy atom. The highest BCUT2D eigenvalue weighted by molar-refractivity contribution is 7.92. The number of hydrogen-bond donors (Lipinski definition) is 1. The van der Waals surface area contributed by atoms with Crippen LogP contribution in [-0.4, -0.2) is 51.4 Å². The van der Waals surface area contributed by atoms with Crippen LogP contribution in [0.5, 0.6) is 5.75 Å². The summed E-state index contributed by atoms with van der Waals surface area (Å²) in [5, 5.41) is 2.87. The third-order valence-electron chi connectivity index (χ3n) is 7.07. The maximum Gasteiger partial charge on any atom is 0.264 e. The number of likely N-dealkylation sites (N-methyl/N-ethyl adjacent to an activating group) is 1. The van der Waals surface area contributed by atoms with Crippen molar-refractivity contribution in [3.05, 3.63) is 126 Å². The number of sulfonamides is 1. The summed E-state index contributed by atoms with van der Waals surface area (Å²) in [4.78, 5) is 29.4. The first-order chi connectivity index (χ1) is 20.7. The molecule has 0 aliphatic heterocycles. The number of hydrogen-bond acceptors (Lipinski definition) is 5. The van der Waals surface area contributed by atoms with Crippen molar-refractivity contribution in [2.24, 2.45) is 0 Å². The highest BCUT2D eigenvalue weighted by Gasteiger charge is 2.34. The van der Waals surface area contributed by atoms with Gasteiger partial charge in [0.1, 0.15) is 18.3 Å². The number of carbonyl (C=O) groups is 2. The van der Waals surface area contributed by atoms with Crippen molar-refractivity contribution < 1.29 is 22.7 Å².